The van der Waals surface area contributed by atoms with Crippen LogP contribution in [0.4, 0.5) is 0 Å². The van der Waals surface area contributed by atoms with E-state index in [9.17, 15) is 0 Å². The monoisotopic (exact) mass is 411 g/mol. The fourth-order valence-electron chi connectivity index (χ4n) is 2.28. The van der Waals surface area contributed by atoms with E-state index < -0.39 is 0 Å². The Bertz CT molecular complexity index is 597. The second-order valence-electron chi connectivity index (χ2n) is 5.09. The first-order valence-corrected chi connectivity index (χ1v) is 8.47. The van der Waals surface area contributed by atoms with Crippen molar-refractivity contribution in [2.45, 2.75) is 26.9 Å². The largest absolute Gasteiger partial charge is 0.487 e. The van der Waals surface area contributed by atoms with Crippen LogP contribution in [0.5, 0.6) is 5.75 Å². The van der Waals surface area contributed by atoms with Gasteiger partial charge in [0, 0.05) is 0 Å². The lowest BCUT2D eigenvalue weighted by molar-refractivity contribution is 0.300. The molecule has 2 rings (SSSR count). The van der Waals surface area contributed by atoms with Crippen molar-refractivity contribution in [3.05, 3.63) is 61.5 Å². The van der Waals surface area contributed by atoms with E-state index in [1.54, 1.807) is 0 Å². The Morgan fingerprint density at radius 3 is 2.14 bits per heavy atom. The minimum Gasteiger partial charge on any atom is -0.487 e. The minimum absolute atomic E-state index is 0.561. The normalized spacial score (nSPS) is 10.7. The van der Waals surface area contributed by atoms with Crippen LogP contribution in [0.25, 0.3) is 0 Å². The van der Waals surface area contributed by atoms with E-state index in [0.29, 0.717) is 13.2 Å². The van der Waals surface area contributed by atoms with Gasteiger partial charge in [-0.25, -0.2) is 0 Å². The highest BCUT2D eigenvalue weighted by Crippen LogP contribution is 2.35. The lowest BCUT2D eigenvalue weighted by atomic mass is 10.0. The maximum atomic E-state index is 6.02. The van der Waals surface area contributed by atoms with Crippen LogP contribution in [0, 0.1) is 13.8 Å². The van der Waals surface area contributed by atoms with Gasteiger partial charge in [-0.2, -0.15) is 0 Å². The first kappa shape index (κ1) is 16.5. The molecule has 0 unspecified atom stereocenters. The molecule has 0 saturated carbocycles. The summed E-state index contributed by atoms with van der Waals surface area (Å²) in [6.45, 7) is 5.42. The van der Waals surface area contributed by atoms with Crippen LogP contribution in [0.1, 0.15) is 22.3 Å². The van der Waals surface area contributed by atoms with E-state index in [-0.39, 0.29) is 0 Å². The number of ether oxygens (including phenoxy) is 1. The van der Waals surface area contributed by atoms with Gasteiger partial charge in [0.15, 0.2) is 0 Å². The standard InChI is InChI=1S/C17H19Br2NO/c1-11-4-3-5-12(2)14(11)10-21-17-15(18)8-13(6-7-20)9-16(17)19/h3-5,8-9H,6-7,10,20H2,1-2H3. The highest BCUT2D eigenvalue weighted by molar-refractivity contribution is 9.11. The van der Waals surface area contributed by atoms with Crippen molar-refractivity contribution in [3.8, 4) is 5.75 Å². The van der Waals surface area contributed by atoms with Gasteiger partial charge in [-0.05, 0) is 93.1 Å². The fourth-order valence-corrected chi connectivity index (χ4v) is 3.79. The van der Waals surface area contributed by atoms with E-state index in [1.165, 1.54) is 22.3 Å². The quantitative estimate of drug-likeness (QED) is 0.757. The number of rotatable bonds is 5. The minimum atomic E-state index is 0.561. The molecule has 2 aromatic carbocycles. The first-order valence-electron chi connectivity index (χ1n) is 6.88. The van der Waals surface area contributed by atoms with Gasteiger partial charge in [-0.3, -0.25) is 0 Å². The third-order valence-electron chi connectivity index (χ3n) is 3.50. The molecular weight excluding hydrogens is 394 g/mol. The molecule has 0 amide bonds. The molecule has 0 aliphatic carbocycles. The predicted molar refractivity (Wildman–Crippen MR) is 94.8 cm³/mol. The summed E-state index contributed by atoms with van der Waals surface area (Å²) in [6, 6.07) is 10.4. The second kappa shape index (κ2) is 7.43. The molecule has 2 aromatic rings. The van der Waals surface area contributed by atoms with Crippen LogP contribution in [-0.4, -0.2) is 6.54 Å². The summed E-state index contributed by atoms with van der Waals surface area (Å²) in [5.41, 5.74) is 10.5. The van der Waals surface area contributed by atoms with Crippen molar-refractivity contribution in [1.29, 1.82) is 0 Å². The van der Waals surface area contributed by atoms with Crippen molar-refractivity contribution in [2.24, 2.45) is 5.73 Å². The molecule has 0 saturated heterocycles. The van der Waals surface area contributed by atoms with Gasteiger partial charge in [0.25, 0.3) is 0 Å². The van der Waals surface area contributed by atoms with Gasteiger partial charge in [0.1, 0.15) is 12.4 Å². The highest BCUT2D eigenvalue weighted by atomic mass is 79.9. The lowest BCUT2D eigenvalue weighted by Crippen LogP contribution is -2.04. The van der Waals surface area contributed by atoms with Gasteiger partial charge in [-0.1, -0.05) is 18.2 Å². The number of hydrogen-bond acceptors (Lipinski definition) is 2. The molecule has 0 radical (unpaired) electrons. The Labute approximate surface area is 143 Å². The van der Waals surface area contributed by atoms with E-state index in [0.717, 1.165) is 21.1 Å². The van der Waals surface area contributed by atoms with Crippen LogP contribution in [-0.2, 0) is 13.0 Å². The zero-order valence-electron chi connectivity index (χ0n) is 12.2. The number of benzene rings is 2. The van der Waals surface area contributed by atoms with Crippen molar-refractivity contribution in [3.63, 3.8) is 0 Å². The molecule has 0 spiro atoms. The zero-order valence-corrected chi connectivity index (χ0v) is 15.4. The van der Waals surface area contributed by atoms with E-state index in [1.807, 2.05) is 0 Å². The summed E-state index contributed by atoms with van der Waals surface area (Å²) >= 11 is 7.17. The summed E-state index contributed by atoms with van der Waals surface area (Å²) in [7, 11) is 0. The molecule has 0 bridgehead atoms. The number of hydrogen-bond donors (Lipinski definition) is 1. The Morgan fingerprint density at radius 2 is 1.62 bits per heavy atom. The summed E-state index contributed by atoms with van der Waals surface area (Å²) in [4.78, 5) is 0. The Balaban J connectivity index is 2.21. The summed E-state index contributed by atoms with van der Waals surface area (Å²) < 4.78 is 7.92. The molecule has 112 valence electrons. The average Bonchev–Trinajstić information content (AvgIpc) is 2.41. The SMILES string of the molecule is Cc1cccc(C)c1COc1c(Br)cc(CCN)cc1Br. The summed E-state index contributed by atoms with van der Waals surface area (Å²) in [6.07, 6.45) is 0.856. The Hall–Kier alpha value is -0.840. The van der Waals surface area contributed by atoms with Gasteiger partial charge >= 0.3 is 0 Å². The second-order valence-corrected chi connectivity index (χ2v) is 6.79. The lowest BCUT2D eigenvalue weighted by Gasteiger charge is -2.15. The molecule has 2 N–H and O–H groups in total. The summed E-state index contributed by atoms with van der Waals surface area (Å²) in [5.74, 6) is 0.832. The van der Waals surface area contributed by atoms with E-state index in [4.69, 9.17) is 10.5 Å². The van der Waals surface area contributed by atoms with Crippen LogP contribution in [0.3, 0.4) is 0 Å². The molecule has 0 aliphatic rings. The van der Waals surface area contributed by atoms with Crippen LogP contribution >= 0.6 is 31.9 Å². The topological polar surface area (TPSA) is 35.2 Å². The van der Waals surface area contributed by atoms with Crippen LogP contribution < -0.4 is 10.5 Å². The Kier molecular flexibility index (Phi) is 5.85. The predicted octanol–water partition coefficient (Wildman–Crippen LogP) is 4.91. The van der Waals surface area contributed by atoms with Gasteiger partial charge in [0.2, 0.25) is 0 Å². The molecule has 2 nitrogen and oxygen atoms in total. The Morgan fingerprint density at radius 1 is 1.05 bits per heavy atom. The van der Waals surface area contributed by atoms with Gasteiger partial charge in [-0.15, -0.1) is 0 Å². The van der Waals surface area contributed by atoms with E-state index >= 15 is 0 Å². The van der Waals surface area contributed by atoms with Crippen LogP contribution in [0.2, 0.25) is 0 Å². The van der Waals surface area contributed by atoms with Gasteiger partial charge in [0.05, 0.1) is 8.95 Å². The van der Waals surface area contributed by atoms with Crippen molar-refractivity contribution in [1.82, 2.24) is 0 Å². The number of nitrogens with two attached hydrogens (primary N) is 1. The van der Waals surface area contributed by atoms with Crippen LogP contribution in [0.15, 0.2) is 39.3 Å². The third kappa shape index (κ3) is 4.09. The van der Waals surface area contributed by atoms with Gasteiger partial charge < -0.3 is 10.5 Å². The number of aryl methyl sites for hydroxylation is 2. The summed E-state index contributed by atoms with van der Waals surface area (Å²) in [5, 5.41) is 0. The molecule has 0 fully saturated rings. The van der Waals surface area contributed by atoms with E-state index in [2.05, 4.69) is 76.0 Å². The average molecular weight is 413 g/mol. The van der Waals surface area contributed by atoms with Crippen molar-refractivity contribution in [2.75, 3.05) is 6.54 Å². The third-order valence-corrected chi connectivity index (χ3v) is 4.67. The maximum Gasteiger partial charge on any atom is 0.148 e. The molecule has 0 aromatic heterocycles. The smallest absolute Gasteiger partial charge is 0.148 e. The number of halogens is 2. The molecule has 0 aliphatic heterocycles. The highest BCUT2D eigenvalue weighted by Gasteiger charge is 2.10. The molecule has 4 heteroatoms. The van der Waals surface area contributed by atoms with Crippen molar-refractivity contribution < 1.29 is 4.74 Å². The zero-order chi connectivity index (χ0) is 15.4. The molecule has 21 heavy (non-hydrogen) atoms. The van der Waals surface area contributed by atoms with Crippen molar-refractivity contribution >= 4 is 31.9 Å². The maximum absolute atomic E-state index is 6.02. The molecule has 0 heterocycles. The first-order chi connectivity index (χ1) is 10.0. The molecular formula is C17H19Br2NO. The molecule has 0 atom stereocenters. The fraction of sp³-hybridized carbons (Fsp3) is 0.294.